The van der Waals surface area contributed by atoms with Crippen LogP contribution in [0.15, 0.2) is 35.8 Å². The van der Waals surface area contributed by atoms with Gasteiger partial charge in [0, 0.05) is 0 Å². The summed E-state index contributed by atoms with van der Waals surface area (Å²) in [5, 5.41) is 0. The highest BCUT2D eigenvalue weighted by atomic mass is 16.7. The van der Waals surface area contributed by atoms with Crippen LogP contribution in [-0.2, 0) is 9.47 Å². The van der Waals surface area contributed by atoms with Crippen LogP contribution in [0.25, 0.3) is 0 Å². The Kier molecular flexibility index (Phi) is 1.24. The van der Waals surface area contributed by atoms with Crippen LogP contribution in [0, 0.1) is 0 Å². The van der Waals surface area contributed by atoms with Gasteiger partial charge in [-0.3, -0.25) is 0 Å². The van der Waals surface area contributed by atoms with Crippen molar-refractivity contribution < 1.29 is 9.47 Å². The maximum absolute atomic E-state index is 5.16. The van der Waals surface area contributed by atoms with Gasteiger partial charge in [-0.1, -0.05) is 12.2 Å². The summed E-state index contributed by atoms with van der Waals surface area (Å²) in [5.41, 5.74) is 0. The molecule has 0 aromatic heterocycles. The van der Waals surface area contributed by atoms with Crippen LogP contribution >= 0.6 is 0 Å². The van der Waals surface area contributed by atoms with Crippen LogP contribution in [0.1, 0.15) is 6.42 Å². The molecule has 1 aliphatic heterocycles. The monoisotopic (exact) mass is 136 g/mol. The fourth-order valence-corrected chi connectivity index (χ4v) is 0.988. The third-order valence-electron chi connectivity index (χ3n) is 1.48. The van der Waals surface area contributed by atoms with Gasteiger partial charge in [0.25, 0.3) is 0 Å². The van der Waals surface area contributed by atoms with Crippen molar-refractivity contribution in [1.82, 2.24) is 0 Å². The van der Waals surface area contributed by atoms with E-state index in [1.165, 1.54) is 0 Å². The van der Waals surface area contributed by atoms with Gasteiger partial charge < -0.3 is 9.47 Å². The van der Waals surface area contributed by atoms with Gasteiger partial charge in [-0.15, -0.1) is 0 Å². The third-order valence-corrected chi connectivity index (χ3v) is 1.48. The molecular weight excluding hydrogens is 128 g/mol. The van der Waals surface area contributed by atoms with Crippen molar-refractivity contribution in [3.63, 3.8) is 0 Å². The lowest BCUT2D eigenvalue weighted by Gasteiger charge is -1.90. The molecule has 2 heteroatoms. The quantitative estimate of drug-likeness (QED) is 0.504. The molecule has 0 N–H and O–H groups in total. The molecule has 10 heavy (non-hydrogen) atoms. The highest BCUT2D eigenvalue weighted by Gasteiger charge is 2.12. The van der Waals surface area contributed by atoms with Gasteiger partial charge in [0.15, 0.2) is 11.5 Å². The summed E-state index contributed by atoms with van der Waals surface area (Å²) in [4.78, 5) is 0. The highest BCUT2D eigenvalue weighted by molar-refractivity contribution is 5.29. The Morgan fingerprint density at radius 3 is 2.20 bits per heavy atom. The molecule has 1 heterocycles. The van der Waals surface area contributed by atoms with Crippen molar-refractivity contribution in [3.05, 3.63) is 35.8 Å². The minimum absolute atomic E-state index is 0.360. The zero-order chi connectivity index (χ0) is 6.81. The first-order chi connectivity index (χ1) is 4.97. The Bertz CT molecular complexity index is 201. The molecule has 2 nitrogen and oxygen atoms in total. The minimum Gasteiger partial charge on any atom is -0.454 e. The summed E-state index contributed by atoms with van der Waals surface area (Å²) in [5.74, 6) is 1.71. The SMILES string of the molecule is C1=CC2=C(C=CC1)OCO2. The smallest absolute Gasteiger partial charge is 0.231 e. The Labute approximate surface area is 59.4 Å². The molecule has 1 aliphatic carbocycles. The number of allylic oxidation sites excluding steroid dienone is 4. The van der Waals surface area contributed by atoms with Crippen LogP contribution in [0.2, 0.25) is 0 Å². The van der Waals surface area contributed by atoms with Crippen molar-refractivity contribution >= 4 is 0 Å². The van der Waals surface area contributed by atoms with Crippen molar-refractivity contribution in [3.8, 4) is 0 Å². The van der Waals surface area contributed by atoms with E-state index in [1.54, 1.807) is 0 Å². The first-order valence-corrected chi connectivity index (χ1v) is 3.30. The van der Waals surface area contributed by atoms with Crippen molar-refractivity contribution in [2.45, 2.75) is 6.42 Å². The molecule has 52 valence electrons. The fourth-order valence-electron chi connectivity index (χ4n) is 0.988. The second-order valence-corrected chi connectivity index (χ2v) is 2.18. The Balaban J connectivity index is 2.34. The van der Waals surface area contributed by atoms with Gasteiger partial charge in [0.2, 0.25) is 6.79 Å². The average Bonchev–Trinajstić information content (AvgIpc) is 2.28. The normalized spacial score (nSPS) is 21.6. The number of ether oxygens (including phenoxy) is 2. The molecular formula is C8H8O2. The number of hydrogen-bond donors (Lipinski definition) is 0. The third kappa shape index (κ3) is 0.817. The maximum atomic E-state index is 5.16. The lowest BCUT2D eigenvalue weighted by molar-refractivity contribution is 0.0776. The van der Waals surface area contributed by atoms with E-state index in [4.69, 9.17) is 9.47 Å². The summed E-state index contributed by atoms with van der Waals surface area (Å²) in [6.07, 6.45) is 8.95. The van der Waals surface area contributed by atoms with Crippen LogP contribution < -0.4 is 0 Å². The van der Waals surface area contributed by atoms with Gasteiger partial charge in [0.05, 0.1) is 0 Å². The van der Waals surface area contributed by atoms with Crippen molar-refractivity contribution in [2.24, 2.45) is 0 Å². The molecule has 0 spiro atoms. The predicted octanol–water partition coefficient (Wildman–Crippen LogP) is 1.72. The van der Waals surface area contributed by atoms with Gasteiger partial charge >= 0.3 is 0 Å². The van der Waals surface area contributed by atoms with E-state index in [9.17, 15) is 0 Å². The molecule has 0 fully saturated rings. The van der Waals surface area contributed by atoms with Crippen LogP contribution in [0.5, 0.6) is 0 Å². The Morgan fingerprint density at radius 1 is 1.00 bits per heavy atom. The summed E-state index contributed by atoms with van der Waals surface area (Å²) in [6, 6.07) is 0. The van der Waals surface area contributed by atoms with Gasteiger partial charge in [0.1, 0.15) is 0 Å². The van der Waals surface area contributed by atoms with Crippen LogP contribution in [-0.4, -0.2) is 6.79 Å². The first-order valence-electron chi connectivity index (χ1n) is 3.30. The van der Waals surface area contributed by atoms with E-state index in [2.05, 4.69) is 0 Å². The van der Waals surface area contributed by atoms with Crippen molar-refractivity contribution in [1.29, 1.82) is 0 Å². The first kappa shape index (κ1) is 5.59. The van der Waals surface area contributed by atoms with Crippen LogP contribution in [0.4, 0.5) is 0 Å². The van der Waals surface area contributed by atoms with E-state index in [0.717, 1.165) is 17.9 Å². The van der Waals surface area contributed by atoms with Gasteiger partial charge in [-0.25, -0.2) is 0 Å². The summed E-state index contributed by atoms with van der Waals surface area (Å²) < 4.78 is 10.3. The summed E-state index contributed by atoms with van der Waals surface area (Å²) in [7, 11) is 0. The largest absolute Gasteiger partial charge is 0.454 e. The Morgan fingerprint density at radius 2 is 1.60 bits per heavy atom. The zero-order valence-corrected chi connectivity index (χ0v) is 5.54. The molecule has 0 unspecified atom stereocenters. The van der Waals surface area contributed by atoms with E-state index >= 15 is 0 Å². The molecule has 0 saturated heterocycles. The Hall–Kier alpha value is -1.18. The molecule has 2 aliphatic rings. The molecule has 0 bridgehead atoms. The standard InChI is InChI=1S/C8H8O2/c1-2-4-7-8(5-3-1)10-6-9-7/h2-5H,1,6H2. The van der Waals surface area contributed by atoms with E-state index in [0.29, 0.717) is 6.79 Å². The lowest BCUT2D eigenvalue weighted by atomic mass is 10.4. The van der Waals surface area contributed by atoms with Gasteiger partial charge in [-0.05, 0) is 18.6 Å². The van der Waals surface area contributed by atoms with E-state index < -0.39 is 0 Å². The molecule has 0 atom stereocenters. The zero-order valence-electron chi connectivity index (χ0n) is 5.54. The fraction of sp³-hybridized carbons (Fsp3) is 0.250. The summed E-state index contributed by atoms with van der Waals surface area (Å²) >= 11 is 0. The highest BCUT2D eigenvalue weighted by Crippen LogP contribution is 2.20. The number of rotatable bonds is 0. The predicted molar refractivity (Wildman–Crippen MR) is 37.0 cm³/mol. The molecule has 0 aromatic rings. The second kappa shape index (κ2) is 2.21. The van der Waals surface area contributed by atoms with E-state index in [-0.39, 0.29) is 0 Å². The molecule has 0 amide bonds. The van der Waals surface area contributed by atoms with Gasteiger partial charge in [-0.2, -0.15) is 0 Å². The average molecular weight is 136 g/mol. The van der Waals surface area contributed by atoms with Crippen molar-refractivity contribution in [2.75, 3.05) is 6.79 Å². The number of hydrogen-bond acceptors (Lipinski definition) is 2. The summed E-state index contributed by atoms with van der Waals surface area (Å²) in [6.45, 7) is 0.360. The van der Waals surface area contributed by atoms with Crippen LogP contribution in [0.3, 0.4) is 0 Å². The minimum atomic E-state index is 0.360. The topological polar surface area (TPSA) is 18.5 Å². The molecule has 0 aromatic carbocycles. The maximum Gasteiger partial charge on any atom is 0.231 e. The lowest BCUT2D eigenvalue weighted by Crippen LogP contribution is -1.81. The second-order valence-electron chi connectivity index (χ2n) is 2.18. The molecule has 0 radical (unpaired) electrons. The van der Waals surface area contributed by atoms with E-state index in [1.807, 2.05) is 24.3 Å². The molecule has 2 rings (SSSR count). The molecule has 0 saturated carbocycles.